The Labute approximate surface area is 108 Å². The quantitative estimate of drug-likeness (QED) is 0.836. The van der Waals surface area contributed by atoms with E-state index in [2.05, 4.69) is 17.4 Å². The molecule has 1 aromatic rings. The number of hydrogen-bond acceptors (Lipinski definition) is 3. The molecular weight excluding hydrogens is 228 g/mol. The number of primary amides is 1. The maximum Gasteiger partial charge on any atom is 0.234 e. The minimum absolute atomic E-state index is 0.276. The zero-order chi connectivity index (χ0) is 13.1. The smallest absolute Gasteiger partial charge is 0.234 e. The predicted molar refractivity (Wildman–Crippen MR) is 70.6 cm³/mol. The van der Waals surface area contributed by atoms with Crippen LogP contribution in [0.5, 0.6) is 5.75 Å². The number of benzene rings is 1. The molecule has 4 heteroatoms. The van der Waals surface area contributed by atoms with E-state index < -0.39 is 0 Å². The van der Waals surface area contributed by atoms with Gasteiger partial charge >= 0.3 is 0 Å². The fourth-order valence-corrected chi connectivity index (χ4v) is 2.44. The molecule has 1 amide bonds. The molecule has 1 aliphatic carbocycles. The van der Waals surface area contributed by atoms with Crippen molar-refractivity contribution in [3.63, 3.8) is 0 Å². The third kappa shape index (κ3) is 2.82. The van der Waals surface area contributed by atoms with Gasteiger partial charge in [0.05, 0.1) is 13.2 Å². The Morgan fingerprint density at radius 1 is 1.50 bits per heavy atom. The van der Waals surface area contributed by atoms with Crippen LogP contribution in [0, 0.1) is 0 Å². The summed E-state index contributed by atoms with van der Waals surface area (Å²) in [5.74, 6) is 0.587. The van der Waals surface area contributed by atoms with Crippen LogP contribution in [0.4, 0.5) is 0 Å². The first-order chi connectivity index (χ1) is 8.60. The summed E-state index contributed by atoms with van der Waals surface area (Å²) in [4.78, 5) is 11.1. The molecule has 0 radical (unpaired) electrons. The molecular formula is C14H20N2O2. The average molecular weight is 248 g/mol. The van der Waals surface area contributed by atoms with Crippen LogP contribution in [0.25, 0.3) is 0 Å². The van der Waals surface area contributed by atoms with Gasteiger partial charge in [-0.3, -0.25) is 4.79 Å². The first-order valence-corrected chi connectivity index (χ1v) is 6.31. The summed E-state index contributed by atoms with van der Waals surface area (Å²) in [7, 11) is 1.68. The maximum absolute atomic E-state index is 11.1. The molecule has 2 unspecified atom stereocenters. The Morgan fingerprint density at radius 2 is 2.28 bits per heavy atom. The Hall–Kier alpha value is -1.55. The molecule has 0 aliphatic heterocycles. The second-order valence-corrected chi connectivity index (χ2v) is 4.87. The number of amides is 1. The minimum atomic E-state index is -0.300. The van der Waals surface area contributed by atoms with Crippen molar-refractivity contribution in [3.05, 3.63) is 29.3 Å². The van der Waals surface area contributed by atoms with Crippen molar-refractivity contribution >= 4 is 5.91 Å². The highest BCUT2D eigenvalue weighted by Gasteiger charge is 2.21. The van der Waals surface area contributed by atoms with Crippen molar-refractivity contribution in [2.24, 2.45) is 5.73 Å². The third-order valence-electron chi connectivity index (χ3n) is 3.55. The molecule has 3 N–H and O–H groups in total. The molecule has 0 heterocycles. The summed E-state index contributed by atoms with van der Waals surface area (Å²) in [5.41, 5.74) is 7.95. The third-order valence-corrected chi connectivity index (χ3v) is 3.55. The SMILES string of the molecule is COc1ccc2c(c1)CC(NC(C)C(N)=O)CC2. The Morgan fingerprint density at radius 3 is 2.94 bits per heavy atom. The van der Waals surface area contributed by atoms with E-state index in [1.807, 2.05) is 13.0 Å². The molecule has 2 atom stereocenters. The predicted octanol–water partition coefficient (Wildman–Crippen LogP) is 1.02. The zero-order valence-corrected chi connectivity index (χ0v) is 10.9. The molecule has 0 aromatic heterocycles. The van der Waals surface area contributed by atoms with Crippen LogP contribution < -0.4 is 15.8 Å². The average Bonchev–Trinajstić information content (AvgIpc) is 2.37. The first kappa shape index (κ1) is 12.9. The molecule has 0 fully saturated rings. The second kappa shape index (κ2) is 5.40. The number of nitrogens with one attached hydrogen (secondary N) is 1. The fraction of sp³-hybridized carbons (Fsp3) is 0.500. The van der Waals surface area contributed by atoms with Crippen LogP contribution in [0.2, 0.25) is 0 Å². The fourth-order valence-electron chi connectivity index (χ4n) is 2.44. The number of carbonyl (C=O) groups excluding carboxylic acids is 1. The van der Waals surface area contributed by atoms with Crippen LogP contribution in [0.15, 0.2) is 18.2 Å². The van der Waals surface area contributed by atoms with Gasteiger partial charge in [-0.15, -0.1) is 0 Å². The van der Waals surface area contributed by atoms with Gasteiger partial charge in [0, 0.05) is 6.04 Å². The number of ether oxygens (including phenoxy) is 1. The lowest BCUT2D eigenvalue weighted by Gasteiger charge is -2.27. The zero-order valence-electron chi connectivity index (χ0n) is 10.9. The Kier molecular flexibility index (Phi) is 3.87. The number of aryl methyl sites for hydroxylation is 1. The number of hydrogen-bond donors (Lipinski definition) is 2. The highest BCUT2D eigenvalue weighted by atomic mass is 16.5. The summed E-state index contributed by atoms with van der Waals surface area (Å²) in [6.45, 7) is 1.81. The lowest BCUT2D eigenvalue weighted by molar-refractivity contribution is -0.119. The van der Waals surface area contributed by atoms with Crippen LogP contribution in [0.1, 0.15) is 24.5 Å². The number of carbonyl (C=O) groups is 1. The van der Waals surface area contributed by atoms with E-state index in [1.165, 1.54) is 11.1 Å². The van der Waals surface area contributed by atoms with Gasteiger partial charge < -0.3 is 15.8 Å². The Balaban J connectivity index is 2.06. The van der Waals surface area contributed by atoms with Crippen LogP contribution >= 0.6 is 0 Å². The monoisotopic (exact) mass is 248 g/mol. The molecule has 2 rings (SSSR count). The van der Waals surface area contributed by atoms with Crippen molar-refractivity contribution in [2.45, 2.75) is 38.3 Å². The van der Waals surface area contributed by atoms with Crippen molar-refractivity contribution in [2.75, 3.05) is 7.11 Å². The number of methoxy groups -OCH3 is 1. The van der Waals surface area contributed by atoms with Gasteiger partial charge in [-0.05, 0) is 49.4 Å². The van der Waals surface area contributed by atoms with Crippen molar-refractivity contribution in [3.8, 4) is 5.75 Å². The minimum Gasteiger partial charge on any atom is -0.497 e. The van der Waals surface area contributed by atoms with Crippen molar-refractivity contribution in [1.29, 1.82) is 0 Å². The first-order valence-electron chi connectivity index (χ1n) is 6.31. The normalized spacial score (nSPS) is 20.0. The number of nitrogens with two attached hydrogens (primary N) is 1. The van der Waals surface area contributed by atoms with Crippen molar-refractivity contribution < 1.29 is 9.53 Å². The summed E-state index contributed by atoms with van der Waals surface area (Å²) in [5, 5.41) is 3.28. The Bertz CT molecular complexity index is 445. The summed E-state index contributed by atoms with van der Waals surface area (Å²) in [6.07, 6.45) is 2.99. The van der Waals surface area contributed by atoms with Gasteiger partial charge in [0.15, 0.2) is 0 Å². The summed E-state index contributed by atoms with van der Waals surface area (Å²) < 4.78 is 5.24. The maximum atomic E-state index is 11.1. The van der Waals surface area contributed by atoms with E-state index in [1.54, 1.807) is 7.11 Å². The molecule has 0 spiro atoms. The highest BCUT2D eigenvalue weighted by molar-refractivity contribution is 5.79. The molecule has 18 heavy (non-hydrogen) atoms. The van der Waals surface area contributed by atoms with Crippen molar-refractivity contribution in [1.82, 2.24) is 5.32 Å². The van der Waals surface area contributed by atoms with Crippen LogP contribution in [-0.2, 0) is 17.6 Å². The lowest BCUT2D eigenvalue weighted by atomic mass is 9.88. The molecule has 0 saturated heterocycles. The molecule has 98 valence electrons. The van der Waals surface area contributed by atoms with E-state index >= 15 is 0 Å². The topological polar surface area (TPSA) is 64.3 Å². The molecule has 1 aliphatic rings. The number of rotatable bonds is 4. The van der Waals surface area contributed by atoms with Gasteiger partial charge in [-0.2, -0.15) is 0 Å². The lowest BCUT2D eigenvalue weighted by Crippen LogP contribution is -2.46. The van der Waals surface area contributed by atoms with E-state index in [0.717, 1.165) is 25.0 Å². The highest BCUT2D eigenvalue weighted by Crippen LogP contribution is 2.25. The molecule has 0 bridgehead atoms. The van der Waals surface area contributed by atoms with E-state index in [0.29, 0.717) is 6.04 Å². The van der Waals surface area contributed by atoms with Gasteiger partial charge in [-0.1, -0.05) is 6.07 Å². The van der Waals surface area contributed by atoms with Crippen LogP contribution in [0.3, 0.4) is 0 Å². The van der Waals surface area contributed by atoms with E-state index in [-0.39, 0.29) is 11.9 Å². The second-order valence-electron chi connectivity index (χ2n) is 4.87. The van der Waals surface area contributed by atoms with Gasteiger partial charge in [0.1, 0.15) is 5.75 Å². The van der Waals surface area contributed by atoms with E-state index in [4.69, 9.17) is 10.5 Å². The summed E-state index contributed by atoms with van der Waals surface area (Å²) >= 11 is 0. The molecule has 0 saturated carbocycles. The largest absolute Gasteiger partial charge is 0.497 e. The number of fused-ring (bicyclic) bond motifs is 1. The van der Waals surface area contributed by atoms with Crippen LogP contribution in [-0.4, -0.2) is 25.1 Å². The standard InChI is InChI=1S/C14H20N2O2/c1-9(14(15)17)16-12-5-3-10-4-6-13(18-2)8-11(10)7-12/h4,6,8-9,12,16H,3,5,7H2,1-2H3,(H2,15,17). The van der Waals surface area contributed by atoms with Gasteiger partial charge in [0.25, 0.3) is 0 Å². The van der Waals surface area contributed by atoms with Gasteiger partial charge in [0.2, 0.25) is 5.91 Å². The molecule has 1 aromatic carbocycles. The summed E-state index contributed by atoms with van der Waals surface area (Å²) in [6, 6.07) is 6.24. The van der Waals surface area contributed by atoms with Gasteiger partial charge in [-0.25, -0.2) is 0 Å². The van der Waals surface area contributed by atoms with E-state index in [9.17, 15) is 4.79 Å². The molecule has 4 nitrogen and oxygen atoms in total.